The zero-order valence-electron chi connectivity index (χ0n) is 11.0. The van der Waals surface area contributed by atoms with Crippen LogP contribution < -0.4 is 5.32 Å². The monoisotopic (exact) mass is 224 g/mol. The molecule has 0 aromatic rings. The molecular weight excluding hydrogens is 196 g/mol. The Morgan fingerprint density at radius 1 is 1.19 bits per heavy atom. The summed E-state index contributed by atoms with van der Waals surface area (Å²) in [6.45, 7) is 9.91. The predicted octanol–water partition coefficient (Wildman–Crippen LogP) is 2.50. The molecule has 1 heterocycles. The highest BCUT2D eigenvalue weighted by Gasteiger charge is 2.27. The van der Waals surface area contributed by atoms with E-state index in [2.05, 4.69) is 24.1 Å². The lowest BCUT2D eigenvalue weighted by molar-refractivity contribution is 0.189. The van der Waals surface area contributed by atoms with Gasteiger partial charge in [0.25, 0.3) is 0 Å². The van der Waals surface area contributed by atoms with Crippen LogP contribution >= 0.6 is 0 Å². The van der Waals surface area contributed by atoms with Crippen LogP contribution in [-0.4, -0.2) is 37.1 Å². The maximum atomic E-state index is 3.67. The molecule has 0 bridgehead atoms. The molecule has 0 aromatic heterocycles. The van der Waals surface area contributed by atoms with Gasteiger partial charge >= 0.3 is 0 Å². The van der Waals surface area contributed by atoms with Crippen LogP contribution in [0.2, 0.25) is 0 Å². The number of nitrogens with one attached hydrogen (secondary N) is 1. The van der Waals surface area contributed by atoms with Crippen LogP contribution in [0.1, 0.15) is 46.0 Å². The Kier molecular flexibility index (Phi) is 4.66. The average Bonchev–Trinajstić information content (AvgIpc) is 3.10. The smallest absolute Gasteiger partial charge is 0.00670 e. The third-order valence-corrected chi connectivity index (χ3v) is 4.32. The van der Waals surface area contributed by atoms with E-state index in [0.29, 0.717) is 0 Å². The number of nitrogens with zero attached hydrogens (tertiary/aromatic N) is 1. The molecule has 0 aromatic carbocycles. The normalized spacial score (nSPS) is 25.9. The molecular formula is C14H28N2. The van der Waals surface area contributed by atoms with Crippen molar-refractivity contribution < 1.29 is 0 Å². The largest absolute Gasteiger partial charge is 0.314 e. The molecule has 2 aliphatic rings. The molecule has 2 rings (SSSR count). The van der Waals surface area contributed by atoms with Crippen molar-refractivity contribution in [3.05, 3.63) is 0 Å². The van der Waals surface area contributed by atoms with Crippen molar-refractivity contribution in [2.75, 3.05) is 26.2 Å². The Morgan fingerprint density at radius 2 is 1.88 bits per heavy atom. The van der Waals surface area contributed by atoms with Gasteiger partial charge in [0.2, 0.25) is 0 Å². The van der Waals surface area contributed by atoms with Gasteiger partial charge in [-0.1, -0.05) is 6.92 Å². The minimum Gasteiger partial charge on any atom is -0.314 e. The van der Waals surface area contributed by atoms with Gasteiger partial charge in [-0.3, -0.25) is 0 Å². The maximum Gasteiger partial charge on any atom is 0.00670 e. The molecule has 1 N–H and O–H groups in total. The topological polar surface area (TPSA) is 15.3 Å². The number of piperidine rings is 1. The molecule has 0 spiro atoms. The second-order valence-electron chi connectivity index (χ2n) is 5.96. The van der Waals surface area contributed by atoms with Crippen LogP contribution in [0.3, 0.4) is 0 Å². The first kappa shape index (κ1) is 12.4. The lowest BCUT2D eigenvalue weighted by Gasteiger charge is -2.30. The van der Waals surface area contributed by atoms with Gasteiger partial charge in [0, 0.05) is 6.04 Å². The summed E-state index contributed by atoms with van der Waals surface area (Å²) in [5.74, 6) is 1.96. The molecule has 94 valence electrons. The van der Waals surface area contributed by atoms with E-state index in [0.717, 1.165) is 17.9 Å². The average molecular weight is 224 g/mol. The molecule has 0 amide bonds. The summed E-state index contributed by atoms with van der Waals surface area (Å²) in [6.07, 6.45) is 7.06. The van der Waals surface area contributed by atoms with Gasteiger partial charge in [-0.25, -0.2) is 0 Å². The molecule has 2 fully saturated rings. The third-order valence-electron chi connectivity index (χ3n) is 4.32. The quantitative estimate of drug-likeness (QED) is 0.697. The first-order valence-electron chi connectivity index (χ1n) is 7.21. The number of rotatable bonds is 6. The lowest BCUT2D eigenvalue weighted by Crippen LogP contribution is -2.36. The molecule has 1 saturated carbocycles. The van der Waals surface area contributed by atoms with Crippen molar-refractivity contribution in [3.8, 4) is 0 Å². The van der Waals surface area contributed by atoms with Gasteiger partial charge < -0.3 is 10.2 Å². The van der Waals surface area contributed by atoms with Crippen LogP contribution in [0.4, 0.5) is 0 Å². The summed E-state index contributed by atoms with van der Waals surface area (Å²) < 4.78 is 0. The first-order valence-corrected chi connectivity index (χ1v) is 7.21. The van der Waals surface area contributed by atoms with Crippen LogP contribution in [0.25, 0.3) is 0 Å². The van der Waals surface area contributed by atoms with Gasteiger partial charge in [-0.2, -0.15) is 0 Å². The van der Waals surface area contributed by atoms with Crippen LogP contribution in [0.5, 0.6) is 0 Å². The highest BCUT2D eigenvalue weighted by atomic mass is 15.1. The summed E-state index contributed by atoms with van der Waals surface area (Å²) in [4.78, 5) is 2.64. The van der Waals surface area contributed by atoms with Crippen molar-refractivity contribution in [1.82, 2.24) is 10.2 Å². The van der Waals surface area contributed by atoms with Gasteiger partial charge in [-0.05, 0) is 77.0 Å². The van der Waals surface area contributed by atoms with Gasteiger partial charge in [0.05, 0.1) is 0 Å². The fourth-order valence-corrected chi connectivity index (χ4v) is 2.68. The van der Waals surface area contributed by atoms with Crippen molar-refractivity contribution in [2.24, 2.45) is 11.8 Å². The van der Waals surface area contributed by atoms with E-state index in [1.54, 1.807) is 0 Å². The number of hydrogen-bond acceptors (Lipinski definition) is 2. The van der Waals surface area contributed by atoms with E-state index >= 15 is 0 Å². The molecule has 1 atom stereocenters. The zero-order chi connectivity index (χ0) is 11.4. The van der Waals surface area contributed by atoms with E-state index in [4.69, 9.17) is 0 Å². The summed E-state index contributed by atoms with van der Waals surface area (Å²) in [5, 5.41) is 3.67. The zero-order valence-corrected chi connectivity index (χ0v) is 11.0. The van der Waals surface area contributed by atoms with Crippen LogP contribution in [0.15, 0.2) is 0 Å². The highest BCUT2D eigenvalue weighted by Crippen LogP contribution is 2.32. The van der Waals surface area contributed by atoms with E-state index < -0.39 is 0 Å². The van der Waals surface area contributed by atoms with Crippen molar-refractivity contribution >= 4 is 0 Å². The summed E-state index contributed by atoms with van der Waals surface area (Å²) in [6, 6.07) is 0.765. The first-order chi connectivity index (χ1) is 7.75. The van der Waals surface area contributed by atoms with Crippen molar-refractivity contribution in [2.45, 2.75) is 52.0 Å². The third kappa shape index (κ3) is 4.06. The fraction of sp³-hybridized carbons (Fsp3) is 1.00. The molecule has 1 unspecified atom stereocenters. The minimum atomic E-state index is 0.765. The molecule has 16 heavy (non-hydrogen) atoms. The lowest BCUT2D eigenvalue weighted by atomic mass is 9.99. The van der Waals surface area contributed by atoms with Gasteiger partial charge in [0.1, 0.15) is 0 Å². The second kappa shape index (κ2) is 6.02. The molecule has 2 heteroatoms. The van der Waals surface area contributed by atoms with Crippen LogP contribution in [-0.2, 0) is 0 Å². The molecule has 2 nitrogen and oxygen atoms in total. The van der Waals surface area contributed by atoms with E-state index in [-0.39, 0.29) is 0 Å². The van der Waals surface area contributed by atoms with E-state index in [1.165, 1.54) is 58.3 Å². The second-order valence-corrected chi connectivity index (χ2v) is 5.96. The van der Waals surface area contributed by atoms with E-state index in [9.17, 15) is 0 Å². The van der Waals surface area contributed by atoms with Crippen molar-refractivity contribution in [1.29, 1.82) is 0 Å². The molecule has 1 saturated heterocycles. The number of likely N-dealkylation sites (tertiary alicyclic amines) is 1. The van der Waals surface area contributed by atoms with Gasteiger partial charge in [0.15, 0.2) is 0 Å². The Labute approximate surface area is 101 Å². The Morgan fingerprint density at radius 3 is 2.50 bits per heavy atom. The fourth-order valence-electron chi connectivity index (χ4n) is 2.68. The molecule has 0 radical (unpaired) electrons. The van der Waals surface area contributed by atoms with Crippen molar-refractivity contribution in [3.63, 3.8) is 0 Å². The number of hydrogen-bond donors (Lipinski definition) is 1. The Balaban J connectivity index is 1.47. The molecule has 1 aliphatic heterocycles. The summed E-state index contributed by atoms with van der Waals surface area (Å²) >= 11 is 0. The van der Waals surface area contributed by atoms with Crippen LogP contribution in [0, 0.1) is 11.8 Å². The predicted molar refractivity (Wildman–Crippen MR) is 69.6 cm³/mol. The Hall–Kier alpha value is -0.0800. The molecule has 1 aliphatic carbocycles. The van der Waals surface area contributed by atoms with E-state index in [1.807, 2.05) is 0 Å². The summed E-state index contributed by atoms with van der Waals surface area (Å²) in [5.41, 5.74) is 0. The standard InChI is InChI=1S/C14H28N2/c1-12-6-10-16(11-7-12)9-3-8-15-13(2)14-4-5-14/h12-15H,3-11H2,1-2H3. The SMILES string of the molecule is CC1CCN(CCCNC(C)C2CC2)CC1. The minimum absolute atomic E-state index is 0.765. The Bertz CT molecular complexity index is 193. The highest BCUT2D eigenvalue weighted by molar-refractivity contribution is 4.83. The summed E-state index contributed by atoms with van der Waals surface area (Å²) in [7, 11) is 0. The van der Waals surface area contributed by atoms with Gasteiger partial charge in [-0.15, -0.1) is 0 Å². The maximum absolute atomic E-state index is 3.67.